The zero-order chi connectivity index (χ0) is 11.5. The summed E-state index contributed by atoms with van der Waals surface area (Å²) < 4.78 is 1.10. The average Bonchev–Trinajstić information content (AvgIpc) is 2.14. The zero-order valence-corrected chi connectivity index (χ0v) is 12.1. The van der Waals surface area contributed by atoms with Crippen LogP contribution in [-0.4, -0.2) is 13.5 Å². The smallest absolute Gasteiger partial charge is 0.123 e. The van der Waals surface area contributed by atoms with Crippen molar-refractivity contribution in [1.29, 1.82) is 0 Å². The average molecular weight is 285 g/mol. The molecule has 0 aliphatic heterocycles. The molecule has 1 nitrogen and oxygen atoms in total. The molecule has 0 aromatic heterocycles. The maximum atomic E-state index is 11.8. The molecule has 0 atom stereocenters. The topological polar surface area (TPSA) is 17.1 Å². The van der Waals surface area contributed by atoms with Gasteiger partial charge in [0.05, 0.1) is 0 Å². The first-order valence-electron chi connectivity index (χ1n) is 5.18. The van der Waals surface area contributed by atoms with E-state index < -0.39 is 8.07 Å². The molecule has 0 bridgehead atoms. The predicted molar refractivity (Wildman–Crippen MR) is 70.8 cm³/mol. The number of hydrogen-bond donors (Lipinski definition) is 0. The first-order valence-corrected chi connectivity index (χ1v) is 9.47. The van der Waals surface area contributed by atoms with Crippen LogP contribution in [0.5, 0.6) is 0 Å². The van der Waals surface area contributed by atoms with Gasteiger partial charge in [-0.3, -0.25) is 0 Å². The largest absolute Gasteiger partial charge is 0.305 e. The summed E-state index contributed by atoms with van der Waals surface area (Å²) in [5, 5.41) is 0.457. The Bertz CT molecular complexity index is 355. The maximum absolute atomic E-state index is 11.8. The van der Waals surface area contributed by atoms with Crippen LogP contribution >= 0.6 is 15.9 Å². The Morgan fingerprint density at radius 2 is 1.87 bits per heavy atom. The number of benzene rings is 1. The lowest BCUT2D eigenvalue weighted by Crippen LogP contribution is -2.33. The van der Waals surface area contributed by atoms with E-state index in [1.807, 2.05) is 18.2 Å². The number of carbonyl (C=O) groups excluding carboxylic acids is 1. The first-order chi connectivity index (χ1) is 6.91. The number of halogens is 1. The number of rotatable bonds is 4. The Labute approximate surface area is 101 Å². The molecule has 1 rings (SSSR count). The summed E-state index contributed by atoms with van der Waals surface area (Å²) in [4.78, 5) is 11.8. The minimum Gasteiger partial charge on any atom is -0.305 e. The lowest BCUT2D eigenvalue weighted by atomic mass is 10.1. The van der Waals surface area contributed by atoms with Crippen molar-refractivity contribution in [2.24, 2.45) is 0 Å². The van der Waals surface area contributed by atoms with E-state index in [-0.39, 0.29) is 0 Å². The van der Waals surface area contributed by atoms with Crippen molar-refractivity contribution in [3.8, 4) is 0 Å². The summed E-state index contributed by atoms with van der Waals surface area (Å²) in [6, 6.07) is 8.10. The Morgan fingerprint density at radius 3 is 2.40 bits per heavy atom. The predicted octanol–water partition coefficient (Wildman–Crippen LogP) is 3.83. The standard InChI is InChI=1S/C12H17BrOSi/c1-15(2,3)12(14)9-8-10-6-4-5-7-11(10)13/h4-7H,8-9H2,1-3H3. The van der Waals surface area contributed by atoms with E-state index in [0.717, 1.165) is 10.9 Å². The van der Waals surface area contributed by atoms with Crippen LogP contribution in [0.2, 0.25) is 19.6 Å². The Morgan fingerprint density at radius 1 is 1.27 bits per heavy atom. The fourth-order valence-electron chi connectivity index (χ4n) is 1.32. The molecular weight excluding hydrogens is 268 g/mol. The van der Waals surface area contributed by atoms with E-state index in [1.165, 1.54) is 5.56 Å². The van der Waals surface area contributed by atoms with E-state index in [4.69, 9.17) is 0 Å². The number of hydrogen-bond acceptors (Lipinski definition) is 1. The van der Waals surface area contributed by atoms with Crippen LogP contribution in [-0.2, 0) is 11.2 Å². The van der Waals surface area contributed by atoms with E-state index in [1.54, 1.807) is 0 Å². The van der Waals surface area contributed by atoms with Crippen LogP contribution in [0.25, 0.3) is 0 Å². The van der Waals surface area contributed by atoms with Gasteiger partial charge >= 0.3 is 0 Å². The van der Waals surface area contributed by atoms with Gasteiger partial charge in [0.1, 0.15) is 13.5 Å². The minimum atomic E-state index is -1.59. The Balaban J connectivity index is 2.59. The SMILES string of the molecule is C[Si](C)(C)C(=O)CCc1ccccc1Br. The van der Waals surface area contributed by atoms with Crippen LogP contribution in [0.4, 0.5) is 0 Å². The van der Waals surface area contributed by atoms with Gasteiger partial charge in [-0.15, -0.1) is 0 Å². The molecule has 0 saturated carbocycles. The van der Waals surface area contributed by atoms with E-state index in [0.29, 0.717) is 11.8 Å². The summed E-state index contributed by atoms with van der Waals surface area (Å²) in [7, 11) is -1.59. The molecule has 0 aliphatic carbocycles. The van der Waals surface area contributed by atoms with Gasteiger partial charge in [-0.05, 0) is 18.1 Å². The summed E-state index contributed by atoms with van der Waals surface area (Å²) >= 11 is 3.50. The minimum absolute atomic E-state index is 0.457. The monoisotopic (exact) mass is 284 g/mol. The van der Waals surface area contributed by atoms with Crippen LogP contribution < -0.4 is 0 Å². The van der Waals surface area contributed by atoms with Gasteiger partial charge in [0.15, 0.2) is 0 Å². The van der Waals surface area contributed by atoms with Crippen LogP contribution in [0.1, 0.15) is 12.0 Å². The van der Waals surface area contributed by atoms with Gasteiger partial charge < -0.3 is 4.79 Å². The highest BCUT2D eigenvalue weighted by molar-refractivity contribution is 9.10. The van der Waals surface area contributed by atoms with Gasteiger partial charge in [-0.1, -0.05) is 53.8 Å². The second-order valence-corrected chi connectivity index (χ2v) is 10.7. The molecule has 0 amide bonds. The number of aryl methyl sites for hydroxylation is 1. The highest BCUT2D eigenvalue weighted by atomic mass is 79.9. The second-order valence-electron chi connectivity index (χ2n) is 4.76. The molecule has 0 N–H and O–H groups in total. The van der Waals surface area contributed by atoms with Crippen molar-refractivity contribution >= 4 is 29.4 Å². The molecule has 15 heavy (non-hydrogen) atoms. The molecule has 0 aliphatic rings. The van der Waals surface area contributed by atoms with E-state index in [2.05, 4.69) is 41.6 Å². The second kappa shape index (κ2) is 5.08. The van der Waals surface area contributed by atoms with Gasteiger partial charge in [0, 0.05) is 10.9 Å². The molecule has 0 saturated heterocycles. The van der Waals surface area contributed by atoms with Crippen molar-refractivity contribution in [3.05, 3.63) is 34.3 Å². The first kappa shape index (κ1) is 12.7. The van der Waals surface area contributed by atoms with Crippen molar-refractivity contribution < 1.29 is 4.79 Å². The van der Waals surface area contributed by atoms with Crippen LogP contribution in [0.3, 0.4) is 0 Å². The Hall–Kier alpha value is -0.413. The fourth-order valence-corrected chi connectivity index (χ4v) is 2.68. The highest BCUT2D eigenvalue weighted by Crippen LogP contribution is 2.18. The summed E-state index contributed by atoms with van der Waals surface area (Å²) in [5.41, 5.74) is 1.23. The highest BCUT2D eigenvalue weighted by Gasteiger charge is 2.23. The van der Waals surface area contributed by atoms with Crippen molar-refractivity contribution in [2.45, 2.75) is 32.5 Å². The molecule has 0 radical (unpaired) electrons. The molecular formula is C12H17BrOSi. The molecule has 0 fully saturated rings. The van der Waals surface area contributed by atoms with E-state index in [9.17, 15) is 4.79 Å². The molecule has 0 spiro atoms. The molecule has 3 heteroatoms. The van der Waals surface area contributed by atoms with Crippen LogP contribution in [0.15, 0.2) is 28.7 Å². The summed E-state index contributed by atoms with van der Waals surface area (Å²) in [5.74, 6) is 0. The third kappa shape index (κ3) is 3.91. The molecule has 1 aromatic carbocycles. The normalized spacial score (nSPS) is 11.5. The van der Waals surface area contributed by atoms with Crippen molar-refractivity contribution in [2.75, 3.05) is 0 Å². The molecule has 1 aromatic rings. The maximum Gasteiger partial charge on any atom is 0.123 e. The summed E-state index contributed by atoms with van der Waals surface area (Å²) in [6.07, 6.45) is 1.53. The van der Waals surface area contributed by atoms with Crippen molar-refractivity contribution in [3.63, 3.8) is 0 Å². The summed E-state index contributed by atoms with van der Waals surface area (Å²) in [6.45, 7) is 6.32. The third-order valence-electron chi connectivity index (χ3n) is 2.42. The van der Waals surface area contributed by atoms with Gasteiger partial charge in [-0.25, -0.2) is 0 Å². The third-order valence-corrected chi connectivity index (χ3v) is 5.11. The van der Waals surface area contributed by atoms with Gasteiger partial charge in [0.25, 0.3) is 0 Å². The van der Waals surface area contributed by atoms with Gasteiger partial charge in [0.2, 0.25) is 0 Å². The van der Waals surface area contributed by atoms with Crippen molar-refractivity contribution in [1.82, 2.24) is 0 Å². The zero-order valence-electron chi connectivity index (χ0n) is 9.51. The quantitative estimate of drug-likeness (QED) is 0.768. The van der Waals surface area contributed by atoms with E-state index >= 15 is 0 Å². The molecule has 82 valence electrons. The number of carbonyl (C=O) groups is 1. The molecule has 0 unspecified atom stereocenters. The van der Waals surface area contributed by atoms with Crippen LogP contribution in [0, 0.1) is 0 Å². The Kier molecular flexibility index (Phi) is 4.29. The lowest BCUT2D eigenvalue weighted by molar-refractivity contribution is -0.112. The van der Waals surface area contributed by atoms with Gasteiger partial charge in [-0.2, -0.15) is 0 Å². The fraction of sp³-hybridized carbons (Fsp3) is 0.417. The lowest BCUT2D eigenvalue weighted by Gasteiger charge is -2.14. The molecule has 0 heterocycles.